The molecule has 2 aromatic rings. The maximum Gasteiger partial charge on any atom is 0.227 e. The van der Waals surface area contributed by atoms with Crippen LogP contribution < -0.4 is 10.1 Å². The summed E-state index contributed by atoms with van der Waals surface area (Å²) in [4.78, 5) is 27.0. The van der Waals surface area contributed by atoms with Gasteiger partial charge in [-0.2, -0.15) is 0 Å². The second kappa shape index (κ2) is 8.37. The number of benzene rings is 1. The molecule has 1 aromatic heterocycles. The molecule has 2 aliphatic rings. The van der Waals surface area contributed by atoms with Gasteiger partial charge >= 0.3 is 0 Å². The second-order valence-corrected chi connectivity index (χ2v) is 7.86. The van der Waals surface area contributed by atoms with E-state index in [1.54, 1.807) is 7.11 Å². The second-order valence-electron chi connectivity index (χ2n) is 7.86. The van der Waals surface area contributed by atoms with Crippen molar-refractivity contribution in [2.24, 2.45) is 0 Å². The van der Waals surface area contributed by atoms with E-state index in [9.17, 15) is 4.79 Å². The monoisotopic (exact) mass is 395 g/mol. The molecule has 4 rings (SSSR count). The smallest absolute Gasteiger partial charge is 0.227 e. The largest absolute Gasteiger partial charge is 0.497 e. The van der Waals surface area contributed by atoms with E-state index in [0.29, 0.717) is 6.42 Å². The van der Waals surface area contributed by atoms with E-state index < -0.39 is 0 Å². The van der Waals surface area contributed by atoms with Gasteiger partial charge in [-0.15, -0.1) is 0 Å². The molecule has 0 aliphatic carbocycles. The summed E-state index contributed by atoms with van der Waals surface area (Å²) in [5, 5.41) is 3.24. The number of fused-ring (bicyclic) bond motifs is 1. The van der Waals surface area contributed by atoms with E-state index >= 15 is 0 Å². The predicted octanol–water partition coefficient (Wildman–Crippen LogP) is 2.42. The standard InChI is InChI=1S/C22H29N5O2/c1-23-21-17-14-26(2)12-10-18(17)24-22(25-21)19-5-4-11-27(19)20(28)13-15-6-8-16(29-3)9-7-15/h6-9,19H,4-5,10-14H2,1-3H3,(H,23,24,25). The number of carbonyl (C=O) groups excluding carboxylic acids is 1. The number of hydrogen-bond acceptors (Lipinski definition) is 6. The quantitative estimate of drug-likeness (QED) is 0.838. The maximum atomic E-state index is 13.1. The van der Waals surface area contributed by atoms with Gasteiger partial charge in [-0.1, -0.05) is 12.1 Å². The third-order valence-electron chi connectivity index (χ3n) is 5.89. The van der Waals surface area contributed by atoms with Gasteiger partial charge in [0.15, 0.2) is 5.82 Å². The highest BCUT2D eigenvalue weighted by atomic mass is 16.5. The number of likely N-dealkylation sites (tertiary alicyclic amines) is 1. The molecule has 0 radical (unpaired) electrons. The van der Waals surface area contributed by atoms with Crippen LogP contribution in [0.3, 0.4) is 0 Å². The lowest BCUT2D eigenvalue weighted by atomic mass is 10.1. The van der Waals surface area contributed by atoms with Gasteiger partial charge in [0.2, 0.25) is 5.91 Å². The van der Waals surface area contributed by atoms with Crippen LogP contribution in [0, 0.1) is 0 Å². The zero-order valence-corrected chi connectivity index (χ0v) is 17.4. The lowest BCUT2D eigenvalue weighted by molar-refractivity contribution is -0.131. The molecule has 1 fully saturated rings. The number of amides is 1. The minimum Gasteiger partial charge on any atom is -0.497 e. The molecular weight excluding hydrogens is 366 g/mol. The zero-order valence-electron chi connectivity index (χ0n) is 17.4. The minimum absolute atomic E-state index is 0.0437. The van der Waals surface area contributed by atoms with E-state index in [1.807, 2.05) is 36.2 Å². The summed E-state index contributed by atoms with van der Waals surface area (Å²) in [6, 6.07) is 7.65. The molecule has 0 bridgehead atoms. The van der Waals surface area contributed by atoms with Gasteiger partial charge < -0.3 is 19.9 Å². The molecule has 1 amide bonds. The summed E-state index contributed by atoms with van der Waals surface area (Å²) in [5.41, 5.74) is 3.29. The summed E-state index contributed by atoms with van der Waals surface area (Å²) in [7, 11) is 5.67. The number of nitrogens with zero attached hydrogens (tertiary/aromatic N) is 4. The zero-order chi connectivity index (χ0) is 20.4. The Morgan fingerprint density at radius 3 is 2.76 bits per heavy atom. The number of nitrogens with one attached hydrogen (secondary N) is 1. The van der Waals surface area contributed by atoms with Crippen LogP contribution in [0.15, 0.2) is 24.3 Å². The first kappa shape index (κ1) is 19.6. The molecule has 0 spiro atoms. The van der Waals surface area contributed by atoms with Crippen LogP contribution in [-0.4, -0.2) is 60.0 Å². The van der Waals surface area contributed by atoms with Crippen LogP contribution in [0.5, 0.6) is 5.75 Å². The van der Waals surface area contributed by atoms with E-state index in [4.69, 9.17) is 14.7 Å². The van der Waals surface area contributed by atoms with Crippen molar-refractivity contribution < 1.29 is 9.53 Å². The average Bonchev–Trinajstić information content (AvgIpc) is 3.23. The Kier molecular flexibility index (Phi) is 5.67. The highest BCUT2D eigenvalue weighted by Gasteiger charge is 2.33. The Balaban J connectivity index is 1.55. The number of ether oxygens (including phenoxy) is 1. The minimum atomic E-state index is -0.0437. The summed E-state index contributed by atoms with van der Waals surface area (Å²) >= 11 is 0. The number of likely N-dealkylation sites (N-methyl/N-ethyl adjacent to an activating group) is 1. The first-order valence-corrected chi connectivity index (χ1v) is 10.3. The average molecular weight is 396 g/mol. The van der Waals surface area contributed by atoms with Gasteiger partial charge in [-0.05, 0) is 37.6 Å². The van der Waals surface area contributed by atoms with Crippen molar-refractivity contribution in [2.75, 3.05) is 39.6 Å². The van der Waals surface area contributed by atoms with Crippen molar-refractivity contribution in [1.29, 1.82) is 0 Å². The predicted molar refractivity (Wildman–Crippen MR) is 112 cm³/mol. The molecule has 0 saturated carbocycles. The molecule has 1 unspecified atom stereocenters. The van der Waals surface area contributed by atoms with Crippen LogP contribution >= 0.6 is 0 Å². The fourth-order valence-electron chi connectivity index (χ4n) is 4.28. The van der Waals surface area contributed by atoms with Crippen LogP contribution in [-0.2, 0) is 24.2 Å². The van der Waals surface area contributed by atoms with E-state index in [2.05, 4.69) is 17.3 Å². The number of methoxy groups -OCH3 is 1. The van der Waals surface area contributed by atoms with Gasteiger partial charge in [-0.25, -0.2) is 9.97 Å². The number of anilines is 1. The van der Waals surface area contributed by atoms with Gasteiger partial charge in [-0.3, -0.25) is 4.79 Å². The van der Waals surface area contributed by atoms with Crippen molar-refractivity contribution in [2.45, 2.75) is 38.3 Å². The molecule has 154 valence electrons. The highest BCUT2D eigenvalue weighted by Crippen LogP contribution is 2.33. The van der Waals surface area contributed by atoms with Crippen molar-refractivity contribution in [3.8, 4) is 5.75 Å². The first-order chi connectivity index (χ1) is 14.1. The molecule has 2 aliphatic heterocycles. The Morgan fingerprint density at radius 1 is 1.24 bits per heavy atom. The Hall–Kier alpha value is -2.67. The molecular formula is C22H29N5O2. The molecule has 7 heteroatoms. The number of carbonyl (C=O) groups is 1. The van der Waals surface area contributed by atoms with Gasteiger partial charge in [0.25, 0.3) is 0 Å². The Labute approximate surface area is 172 Å². The highest BCUT2D eigenvalue weighted by molar-refractivity contribution is 5.79. The molecule has 1 atom stereocenters. The van der Waals surface area contributed by atoms with E-state index in [-0.39, 0.29) is 11.9 Å². The Morgan fingerprint density at radius 2 is 2.03 bits per heavy atom. The van der Waals surface area contributed by atoms with Gasteiger partial charge in [0.1, 0.15) is 11.6 Å². The van der Waals surface area contributed by atoms with Crippen molar-refractivity contribution in [1.82, 2.24) is 19.8 Å². The molecule has 3 heterocycles. The first-order valence-electron chi connectivity index (χ1n) is 10.3. The van der Waals surface area contributed by atoms with Crippen LogP contribution in [0.1, 0.15) is 41.5 Å². The van der Waals surface area contributed by atoms with E-state index in [1.165, 1.54) is 5.56 Å². The summed E-state index contributed by atoms with van der Waals surface area (Å²) < 4.78 is 5.20. The third-order valence-corrected chi connectivity index (χ3v) is 5.89. The summed E-state index contributed by atoms with van der Waals surface area (Å²) in [5.74, 6) is 2.60. The van der Waals surface area contributed by atoms with Crippen molar-refractivity contribution in [3.63, 3.8) is 0 Å². The Bertz CT molecular complexity index is 866. The molecule has 29 heavy (non-hydrogen) atoms. The SMILES string of the molecule is CNc1nc(C2CCCN2C(=O)Cc2ccc(OC)cc2)nc2c1CN(C)CC2. The van der Waals surface area contributed by atoms with Gasteiger partial charge in [0, 0.05) is 38.7 Å². The molecule has 1 N–H and O–H groups in total. The normalized spacial score (nSPS) is 19.1. The lowest BCUT2D eigenvalue weighted by Gasteiger charge is -2.29. The summed E-state index contributed by atoms with van der Waals surface area (Å²) in [6.07, 6.45) is 3.20. The topological polar surface area (TPSA) is 70.6 Å². The van der Waals surface area contributed by atoms with Crippen LogP contribution in [0.25, 0.3) is 0 Å². The third kappa shape index (κ3) is 4.05. The fourth-order valence-corrected chi connectivity index (χ4v) is 4.28. The molecule has 1 saturated heterocycles. The van der Waals surface area contributed by atoms with Crippen molar-refractivity contribution >= 4 is 11.7 Å². The maximum absolute atomic E-state index is 13.1. The molecule has 7 nitrogen and oxygen atoms in total. The number of rotatable bonds is 5. The number of aromatic nitrogens is 2. The van der Waals surface area contributed by atoms with Crippen LogP contribution in [0.2, 0.25) is 0 Å². The van der Waals surface area contributed by atoms with Crippen LogP contribution in [0.4, 0.5) is 5.82 Å². The van der Waals surface area contributed by atoms with Gasteiger partial charge in [0.05, 0.1) is 25.3 Å². The summed E-state index contributed by atoms with van der Waals surface area (Å²) in [6.45, 7) is 2.62. The lowest BCUT2D eigenvalue weighted by Crippen LogP contribution is -2.34. The number of hydrogen-bond donors (Lipinski definition) is 1. The van der Waals surface area contributed by atoms with Crippen molar-refractivity contribution in [3.05, 3.63) is 46.9 Å². The van der Waals surface area contributed by atoms with E-state index in [0.717, 1.165) is 67.5 Å². The fraction of sp³-hybridized carbons (Fsp3) is 0.500. The molecule has 1 aromatic carbocycles.